The van der Waals surface area contributed by atoms with Gasteiger partial charge in [0.2, 0.25) is 5.95 Å². The van der Waals surface area contributed by atoms with E-state index in [1.807, 2.05) is 36.4 Å². The fourth-order valence-corrected chi connectivity index (χ4v) is 2.44. The molecule has 134 valence electrons. The number of para-hydroxylation sites is 1. The van der Waals surface area contributed by atoms with Crippen LogP contribution in [0.25, 0.3) is 11.3 Å². The van der Waals surface area contributed by atoms with Crippen LogP contribution >= 0.6 is 0 Å². The molecule has 0 radical (unpaired) electrons. The van der Waals surface area contributed by atoms with Crippen molar-refractivity contribution < 1.29 is 9.84 Å². The molecule has 0 fully saturated rings. The van der Waals surface area contributed by atoms with E-state index in [4.69, 9.17) is 4.74 Å². The van der Waals surface area contributed by atoms with Gasteiger partial charge in [-0.15, -0.1) is 0 Å². The lowest BCUT2D eigenvalue weighted by atomic mass is 10.1. The monoisotopic (exact) mass is 359 g/mol. The Hall–Kier alpha value is -3.92. The van der Waals surface area contributed by atoms with Gasteiger partial charge in [-0.05, 0) is 43.3 Å². The van der Waals surface area contributed by atoms with Crippen molar-refractivity contribution in [2.75, 3.05) is 12.5 Å². The van der Waals surface area contributed by atoms with Crippen molar-refractivity contribution in [1.82, 2.24) is 9.97 Å². The second-order valence-corrected chi connectivity index (χ2v) is 5.63. The van der Waals surface area contributed by atoms with Crippen molar-refractivity contribution in [3.05, 3.63) is 65.9 Å². The van der Waals surface area contributed by atoms with E-state index in [2.05, 4.69) is 20.5 Å². The third-order valence-electron chi connectivity index (χ3n) is 3.84. The number of rotatable bonds is 5. The largest absolute Gasteiger partial charge is 0.507 e. The number of phenols is 1. The van der Waals surface area contributed by atoms with Crippen LogP contribution in [-0.4, -0.2) is 27.9 Å². The van der Waals surface area contributed by atoms with E-state index in [-0.39, 0.29) is 17.4 Å². The maximum absolute atomic E-state index is 9.90. The molecule has 0 amide bonds. The number of hydrogen-bond acceptors (Lipinski definition) is 7. The highest BCUT2D eigenvalue weighted by Gasteiger charge is 2.08. The standard InChI is InChI=1S/C20H17N5O2/c1-13(17-5-3-4-6-19(17)26)24-25-20-22-15(12-21)11-18(23-20)14-7-9-16(27-2)10-8-14/h3-11,26H,1-2H3,(H,22,23,25). The molecule has 0 unspecified atom stereocenters. The minimum atomic E-state index is 0.131. The Morgan fingerprint density at radius 1 is 1.15 bits per heavy atom. The molecule has 7 heteroatoms. The molecule has 0 aliphatic heterocycles. The minimum Gasteiger partial charge on any atom is -0.507 e. The zero-order valence-electron chi connectivity index (χ0n) is 14.8. The van der Waals surface area contributed by atoms with Gasteiger partial charge in [0.1, 0.15) is 23.3 Å². The van der Waals surface area contributed by atoms with Crippen molar-refractivity contribution in [2.24, 2.45) is 5.10 Å². The van der Waals surface area contributed by atoms with Crippen molar-refractivity contribution in [2.45, 2.75) is 6.92 Å². The topological polar surface area (TPSA) is 103 Å². The van der Waals surface area contributed by atoms with Gasteiger partial charge in [-0.25, -0.2) is 15.4 Å². The Labute approximate surface area is 156 Å². The first-order valence-electron chi connectivity index (χ1n) is 8.13. The van der Waals surface area contributed by atoms with Crippen LogP contribution < -0.4 is 10.2 Å². The first kappa shape index (κ1) is 17.9. The molecule has 1 aromatic heterocycles. The van der Waals surface area contributed by atoms with E-state index in [9.17, 15) is 10.4 Å². The van der Waals surface area contributed by atoms with Gasteiger partial charge < -0.3 is 9.84 Å². The zero-order chi connectivity index (χ0) is 19.2. The number of ether oxygens (including phenoxy) is 1. The summed E-state index contributed by atoms with van der Waals surface area (Å²) in [6, 6.07) is 17.8. The average molecular weight is 359 g/mol. The number of benzene rings is 2. The number of phenolic OH excluding ortho intramolecular Hbond substituents is 1. The van der Waals surface area contributed by atoms with E-state index >= 15 is 0 Å². The van der Waals surface area contributed by atoms with Gasteiger partial charge in [0, 0.05) is 17.2 Å². The lowest BCUT2D eigenvalue weighted by Crippen LogP contribution is -2.04. The highest BCUT2D eigenvalue weighted by Crippen LogP contribution is 2.22. The number of nitriles is 1. The first-order chi connectivity index (χ1) is 13.1. The SMILES string of the molecule is COc1ccc(-c2cc(C#N)nc(NN=C(C)c3ccccc3O)n2)cc1. The van der Waals surface area contributed by atoms with Gasteiger partial charge in [-0.3, -0.25) is 0 Å². The summed E-state index contributed by atoms with van der Waals surface area (Å²) in [7, 11) is 1.60. The molecule has 2 aromatic carbocycles. The van der Waals surface area contributed by atoms with Crippen molar-refractivity contribution in [3.8, 4) is 28.8 Å². The number of aromatic hydroxyl groups is 1. The number of methoxy groups -OCH3 is 1. The summed E-state index contributed by atoms with van der Waals surface area (Å²) in [6.07, 6.45) is 0. The van der Waals surface area contributed by atoms with Crippen LogP contribution in [0.1, 0.15) is 18.2 Å². The highest BCUT2D eigenvalue weighted by molar-refractivity contribution is 6.01. The molecule has 0 aliphatic carbocycles. The van der Waals surface area contributed by atoms with Crippen LogP contribution in [0.3, 0.4) is 0 Å². The van der Waals surface area contributed by atoms with Crippen LogP contribution in [0.15, 0.2) is 59.7 Å². The van der Waals surface area contributed by atoms with Crippen molar-refractivity contribution in [3.63, 3.8) is 0 Å². The summed E-state index contributed by atoms with van der Waals surface area (Å²) >= 11 is 0. The Balaban J connectivity index is 1.90. The van der Waals surface area contributed by atoms with Crippen LogP contribution in [0.5, 0.6) is 11.5 Å². The molecule has 0 saturated heterocycles. The summed E-state index contributed by atoms with van der Waals surface area (Å²) in [6.45, 7) is 1.75. The predicted molar refractivity (Wildman–Crippen MR) is 103 cm³/mol. The number of aromatic nitrogens is 2. The molecule has 2 N–H and O–H groups in total. The van der Waals surface area contributed by atoms with Crippen molar-refractivity contribution in [1.29, 1.82) is 5.26 Å². The third kappa shape index (κ3) is 4.19. The second kappa shape index (κ2) is 7.97. The Morgan fingerprint density at radius 3 is 2.56 bits per heavy atom. The van der Waals surface area contributed by atoms with Gasteiger partial charge in [0.05, 0.1) is 18.5 Å². The number of hydrazone groups is 1. The normalized spacial score (nSPS) is 10.9. The fourth-order valence-electron chi connectivity index (χ4n) is 2.44. The third-order valence-corrected chi connectivity index (χ3v) is 3.84. The maximum atomic E-state index is 9.90. The summed E-state index contributed by atoms with van der Waals surface area (Å²) in [5.41, 5.74) is 5.53. The van der Waals surface area contributed by atoms with Gasteiger partial charge >= 0.3 is 0 Å². The Morgan fingerprint density at radius 2 is 1.89 bits per heavy atom. The highest BCUT2D eigenvalue weighted by atomic mass is 16.5. The quantitative estimate of drug-likeness (QED) is 0.533. The summed E-state index contributed by atoms with van der Waals surface area (Å²) in [4.78, 5) is 8.53. The number of hydrogen-bond donors (Lipinski definition) is 2. The molecule has 27 heavy (non-hydrogen) atoms. The molecule has 3 aromatic rings. The molecular weight excluding hydrogens is 342 g/mol. The number of nitrogens with zero attached hydrogens (tertiary/aromatic N) is 4. The lowest BCUT2D eigenvalue weighted by molar-refractivity contribution is 0.415. The van der Waals surface area contributed by atoms with E-state index in [1.165, 1.54) is 0 Å². The van der Waals surface area contributed by atoms with Crippen LogP contribution in [0, 0.1) is 11.3 Å². The summed E-state index contributed by atoms with van der Waals surface area (Å²) < 4.78 is 5.15. The van der Waals surface area contributed by atoms with Crippen molar-refractivity contribution >= 4 is 11.7 Å². The zero-order valence-corrected chi connectivity index (χ0v) is 14.8. The first-order valence-corrected chi connectivity index (χ1v) is 8.13. The van der Waals surface area contributed by atoms with Gasteiger partial charge in [-0.1, -0.05) is 12.1 Å². The average Bonchev–Trinajstić information content (AvgIpc) is 2.72. The minimum absolute atomic E-state index is 0.131. The molecule has 0 bridgehead atoms. The number of nitrogens with one attached hydrogen (secondary N) is 1. The molecule has 0 saturated carbocycles. The van der Waals surface area contributed by atoms with Crippen LogP contribution in [-0.2, 0) is 0 Å². The van der Waals surface area contributed by atoms with Gasteiger partial charge in [-0.2, -0.15) is 10.4 Å². The molecule has 7 nitrogen and oxygen atoms in total. The molecule has 0 aliphatic rings. The second-order valence-electron chi connectivity index (χ2n) is 5.63. The molecular formula is C20H17N5O2. The van der Waals surface area contributed by atoms with E-state index in [0.717, 1.165) is 11.3 Å². The number of anilines is 1. The summed E-state index contributed by atoms with van der Waals surface area (Å²) in [5.74, 6) is 1.05. The van der Waals surface area contributed by atoms with Gasteiger partial charge in [0.25, 0.3) is 0 Å². The van der Waals surface area contributed by atoms with Crippen LogP contribution in [0.2, 0.25) is 0 Å². The lowest BCUT2D eigenvalue weighted by Gasteiger charge is -2.07. The Kier molecular flexibility index (Phi) is 5.28. The van der Waals surface area contributed by atoms with E-state index in [0.29, 0.717) is 17.0 Å². The smallest absolute Gasteiger partial charge is 0.245 e. The molecule has 1 heterocycles. The van der Waals surface area contributed by atoms with E-state index in [1.54, 1.807) is 38.3 Å². The fraction of sp³-hybridized carbons (Fsp3) is 0.100. The molecule has 3 rings (SSSR count). The van der Waals surface area contributed by atoms with Crippen LogP contribution in [0.4, 0.5) is 5.95 Å². The molecule has 0 atom stereocenters. The maximum Gasteiger partial charge on any atom is 0.245 e. The summed E-state index contributed by atoms with van der Waals surface area (Å²) in [5, 5.41) is 23.4. The Bertz CT molecular complexity index is 1020. The predicted octanol–water partition coefficient (Wildman–Crippen LogP) is 3.57. The van der Waals surface area contributed by atoms with Gasteiger partial charge in [0.15, 0.2) is 0 Å². The van der Waals surface area contributed by atoms with E-state index < -0.39 is 0 Å². The molecule has 0 spiro atoms.